The quantitative estimate of drug-likeness (QED) is 0.591. The smallest absolute Gasteiger partial charge is 0.274 e. The summed E-state index contributed by atoms with van der Waals surface area (Å²) in [7, 11) is 1.24. The third-order valence-electron chi connectivity index (χ3n) is 1.89. The lowest BCUT2D eigenvalue weighted by Gasteiger charge is -2.05. The van der Waals surface area contributed by atoms with Gasteiger partial charge in [-0.25, -0.2) is 0 Å². The van der Waals surface area contributed by atoms with Crippen LogP contribution in [0.4, 0.5) is 5.69 Å². The predicted molar refractivity (Wildman–Crippen MR) is 52.9 cm³/mol. The van der Waals surface area contributed by atoms with Gasteiger partial charge >= 0.3 is 0 Å². The lowest BCUT2D eigenvalue weighted by atomic mass is 10.1. The highest BCUT2D eigenvalue weighted by Gasteiger charge is 2.20. The van der Waals surface area contributed by atoms with Crippen molar-refractivity contribution >= 4 is 11.6 Å². The van der Waals surface area contributed by atoms with Gasteiger partial charge in [0.25, 0.3) is 5.69 Å². The standard InChI is InChI=1S/C9H7N3O4/c1-16-8-3-5(12(14)15)2-6(9(11)13)7(8)4-10/h2-3H,1H3,(H2,11,13). The molecule has 0 heterocycles. The maximum atomic E-state index is 11.0. The summed E-state index contributed by atoms with van der Waals surface area (Å²) in [6.07, 6.45) is 0. The van der Waals surface area contributed by atoms with E-state index in [9.17, 15) is 14.9 Å². The molecule has 7 nitrogen and oxygen atoms in total. The Kier molecular flexibility index (Phi) is 3.06. The van der Waals surface area contributed by atoms with E-state index in [4.69, 9.17) is 15.7 Å². The molecule has 0 saturated heterocycles. The van der Waals surface area contributed by atoms with E-state index in [-0.39, 0.29) is 22.6 Å². The van der Waals surface area contributed by atoms with E-state index in [0.717, 1.165) is 12.1 Å². The molecule has 7 heteroatoms. The lowest BCUT2D eigenvalue weighted by Crippen LogP contribution is -2.14. The number of benzene rings is 1. The van der Waals surface area contributed by atoms with Crippen LogP contribution in [0.5, 0.6) is 5.75 Å². The molecule has 1 aromatic carbocycles. The number of methoxy groups -OCH3 is 1. The van der Waals surface area contributed by atoms with Crippen molar-refractivity contribution in [2.75, 3.05) is 7.11 Å². The number of hydrogen-bond acceptors (Lipinski definition) is 5. The van der Waals surface area contributed by atoms with Crippen LogP contribution in [0.25, 0.3) is 0 Å². The Balaban J connectivity index is 3.57. The number of carbonyl (C=O) groups is 1. The molecular formula is C9H7N3O4. The second-order valence-electron chi connectivity index (χ2n) is 2.80. The van der Waals surface area contributed by atoms with Crippen molar-refractivity contribution < 1.29 is 14.5 Å². The van der Waals surface area contributed by atoms with Gasteiger partial charge in [0.15, 0.2) is 0 Å². The maximum absolute atomic E-state index is 11.0. The van der Waals surface area contributed by atoms with Gasteiger partial charge in [-0.3, -0.25) is 14.9 Å². The number of nitrogens with two attached hydrogens (primary N) is 1. The Labute approximate surface area is 90.2 Å². The molecule has 1 amide bonds. The minimum atomic E-state index is -0.918. The number of carbonyl (C=O) groups excluding carboxylic acids is 1. The Bertz CT molecular complexity index is 504. The topological polar surface area (TPSA) is 119 Å². The number of nitriles is 1. The number of ether oxygens (including phenoxy) is 1. The predicted octanol–water partition coefficient (Wildman–Crippen LogP) is 0.574. The molecule has 0 aromatic heterocycles. The van der Waals surface area contributed by atoms with Gasteiger partial charge in [-0.1, -0.05) is 0 Å². The molecule has 0 unspecified atom stereocenters. The number of rotatable bonds is 3. The summed E-state index contributed by atoms with van der Waals surface area (Å²) in [6.45, 7) is 0. The normalized spacial score (nSPS) is 9.25. The molecule has 0 aliphatic carbocycles. The van der Waals surface area contributed by atoms with Crippen LogP contribution in [0.15, 0.2) is 12.1 Å². The fraction of sp³-hybridized carbons (Fsp3) is 0.111. The molecule has 0 fully saturated rings. The molecule has 82 valence electrons. The molecule has 0 aliphatic heterocycles. The van der Waals surface area contributed by atoms with E-state index < -0.39 is 10.8 Å². The molecule has 0 spiro atoms. The maximum Gasteiger partial charge on any atom is 0.274 e. The van der Waals surface area contributed by atoms with Gasteiger partial charge in [0.05, 0.1) is 23.7 Å². The van der Waals surface area contributed by atoms with Gasteiger partial charge in [-0.2, -0.15) is 5.26 Å². The highest BCUT2D eigenvalue weighted by Crippen LogP contribution is 2.27. The summed E-state index contributed by atoms with van der Waals surface area (Å²) in [4.78, 5) is 20.9. The van der Waals surface area contributed by atoms with Gasteiger partial charge in [0.2, 0.25) is 5.91 Å². The van der Waals surface area contributed by atoms with Crippen LogP contribution in [0.3, 0.4) is 0 Å². The van der Waals surface area contributed by atoms with E-state index in [0.29, 0.717) is 0 Å². The first-order chi connectivity index (χ1) is 7.51. The minimum Gasteiger partial charge on any atom is -0.495 e. The number of amides is 1. The second-order valence-corrected chi connectivity index (χ2v) is 2.80. The SMILES string of the molecule is COc1cc([N+](=O)[O-])cc(C(N)=O)c1C#N. The van der Waals surface area contributed by atoms with E-state index in [1.54, 1.807) is 6.07 Å². The van der Waals surface area contributed by atoms with Gasteiger partial charge < -0.3 is 10.5 Å². The molecule has 0 radical (unpaired) electrons. The first-order valence-corrected chi connectivity index (χ1v) is 4.07. The summed E-state index contributed by atoms with van der Waals surface area (Å²) in [5, 5.41) is 19.4. The van der Waals surface area contributed by atoms with Crippen LogP contribution in [0.2, 0.25) is 0 Å². The summed E-state index contributed by atoms with van der Waals surface area (Å²) < 4.78 is 4.78. The first-order valence-electron chi connectivity index (χ1n) is 4.07. The minimum absolute atomic E-state index is 0.0505. The fourth-order valence-corrected chi connectivity index (χ4v) is 1.18. The second kappa shape index (κ2) is 4.27. The van der Waals surface area contributed by atoms with Crippen LogP contribution in [0.1, 0.15) is 15.9 Å². The third kappa shape index (κ3) is 1.90. The first kappa shape index (κ1) is 11.5. The van der Waals surface area contributed by atoms with Crippen LogP contribution < -0.4 is 10.5 Å². The number of nitro benzene ring substituents is 1. The molecule has 1 aromatic rings. The highest BCUT2D eigenvalue weighted by atomic mass is 16.6. The summed E-state index contributed by atoms with van der Waals surface area (Å²) in [5.41, 5.74) is 4.32. The average Bonchev–Trinajstić information content (AvgIpc) is 2.26. The van der Waals surface area contributed by atoms with Crippen LogP contribution in [-0.4, -0.2) is 17.9 Å². The molecule has 0 aliphatic rings. The summed E-state index contributed by atoms with van der Waals surface area (Å²) in [6, 6.07) is 3.72. The number of nitrogens with zero attached hydrogens (tertiary/aromatic N) is 2. The molecule has 0 atom stereocenters. The molecule has 0 saturated carbocycles. The van der Waals surface area contributed by atoms with Crippen LogP contribution in [-0.2, 0) is 0 Å². The monoisotopic (exact) mass is 221 g/mol. The van der Waals surface area contributed by atoms with Crippen LogP contribution >= 0.6 is 0 Å². The average molecular weight is 221 g/mol. The van der Waals surface area contributed by atoms with Crippen molar-refractivity contribution in [1.29, 1.82) is 5.26 Å². The molecule has 1 rings (SSSR count). The van der Waals surface area contributed by atoms with Crippen molar-refractivity contribution in [3.05, 3.63) is 33.4 Å². The molecule has 0 bridgehead atoms. The van der Waals surface area contributed by atoms with E-state index in [1.807, 2.05) is 0 Å². The van der Waals surface area contributed by atoms with E-state index in [1.165, 1.54) is 7.11 Å². The lowest BCUT2D eigenvalue weighted by molar-refractivity contribution is -0.385. The Hall–Kier alpha value is -2.62. The van der Waals surface area contributed by atoms with E-state index in [2.05, 4.69) is 0 Å². The highest BCUT2D eigenvalue weighted by molar-refractivity contribution is 5.97. The van der Waals surface area contributed by atoms with E-state index >= 15 is 0 Å². The van der Waals surface area contributed by atoms with Gasteiger partial charge in [-0.05, 0) is 0 Å². The Morgan fingerprint density at radius 2 is 2.25 bits per heavy atom. The Morgan fingerprint density at radius 3 is 2.62 bits per heavy atom. The number of primary amides is 1. The number of non-ortho nitro benzene ring substituents is 1. The number of hydrogen-bond donors (Lipinski definition) is 1. The fourth-order valence-electron chi connectivity index (χ4n) is 1.18. The summed E-state index contributed by atoms with van der Waals surface area (Å²) >= 11 is 0. The molecular weight excluding hydrogens is 214 g/mol. The van der Waals surface area contributed by atoms with Gasteiger partial charge in [0.1, 0.15) is 17.4 Å². The zero-order valence-corrected chi connectivity index (χ0v) is 8.26. The van der Waals surface area contributed by atoms with Gasteiger partial charge in [0, 0.05) is 6.07 Å². The van der Waals surface area contributed by atoms with Crippen molar-refractivity contribution in [3.8, 4) is 11.8 Å². The largest absolute Gasteiger partial charge is 0.495 e. The zero-order valence-electron chi connectivity index (χ0n) is 8.26. The van der Waals surface area contributed by atoms with Crippen molar-refractivity contribution in [3.63, 3.8) is 0 Å². The third-order valence-corrected chi connectivity index (χ3v) is 1.89. The number of nitro groups is 1. The Morgan fingerprint density at radius 1 is 1.62 bits per heavy atom. The van der Waals surface area contributed by atoms with Crippen molar-refractivity contribution in [1.82, 2.24) is 0 Å². The zero-order chi connectivity index (χ0) is 12.3. The van der Waals surface area contributed by atoms with Gasteiger partial charge in [-0.15, -0.1) is 0 Å². The van der Waals surface area contributed by atoms with Crippen molar-refractivity contribution in [2.24, 2.45) is 5.73 Å². The van der Waals surface area contributed by atoms with Crippen molar-refractivity contribution in [2.45, 2.75) is 0 Å². The summed E-state index contributed by atoms with van der Waals surface area (Å²) in [5.74, 6) is -0.968. The molecule has 2 N–H and O–H groups in total. The van der Waals surface area contributed by atoms with Crippen LogP contribution in [0, 0.1) is 21.4 Å². The molecule has 16 heavy (non-hydrogen) atoms.